The van der Waals surface area contributed by atoms with E-state index in [0.717, 1.165) is 0 Å². The predicted octanol–water partition coefficient (Wildman–Crippen LogP) is 1.40. The molecule has 1 aliphatic rings. The Morgan fingerprint density at radius 2 is 2.15 bits per heavy atom. The molecule has 0 spiro atoms. The van der Waals surface area contributed by atoms with Crippen LogP contribution in [-0.2, 0) is 24.1 Å². The maximum Gasteiger partial charge on any atom is 0.389 e. The largest absolute Gasteiger partial charge is 0.464 e. The minimum atomic E-state index is -4.27. The number of methoxy groups -OCH3 is 1. The zero-order chi connectivity index (χ0) is 14.8. The van der Waals surface area contributed by atoms with Gasteiger partial charge < -0.3 is 10.1 Å². The van der Waals surface area contributed by atoms with Crippen LogP contribution in [0.1, 0.15) is 34.0 Å². The van der Waals surface area contributed by atoms with Crippen molar-refractivity contribution in [1.29, 1.82) is 0 Å². The van der Waals surface area contributed by atoms with E-state index in [4.69, 9.17) is 0 Å². The molecule has 0 radical (unpaired) electrons. The van der Waals surface area contributed by atoms with Gasteiger partial charge in [-0.15, -0.1) is 0 Å². The summed E-state index contributed by atoms with van der Waals surface area (Å²) in [5.41, 5.74) is 1.31. The highest BCUT2D eigenvalue weighted by atomic mass is 19.4. The van der Waals surface area contributed by atoms with Gasteiger partial charge in [0.1, 0.15) is 5.82 Å². The summed E-state index contributed by atoms with van der Waals surface area (Å²) in [6.45, 7) is 1.09. The lowest BCUT2D eigenvalue weighted by Gasteiger charge is -2.19. The number of fused-ring (bicyclic) bond motifs is 1. The van der Waals surface area contributed by atoms with Gasteiger partial charge >= 0.3 is 12.1 Å². The second-order valence-electron chi connectivity index (χ2n) is 4.45. The summed E-state index contributed by atoms with van der Waals surface area (Å²) in [4.78, 5) is 19.7. The van der Waals surface area contributed by atoms with Crippen LogP contribution < -0.4 is 5.32 Å². The van der Waals surface area contributed by atoms with Crippen LogP contribution in [0.3, 0.4) is 0 Å². The molecular weight excluding hydrogens is 275 g/mol. The lowest BCUT2D eigenvalue weighted by atomic mass is 10.0. The van der Waals surface area contributed by atoms with Gasteiger partial charge in [-0.05, 0) is 13.0 Å². The van der Waals surface area contributed by atoms with Crippen LogP contribution in [-0.4, -0.2) is 35.8 Å². The van der Waals surface area contributed by atoms with Gasteiger partial charge in [0, 0.05) is 18.5 Å². The Morgan fingerprint density at radius 3 is 2.80 bits per heavy atom. The molecule has 0 amide bonds. The number of carbonyl (C=O) groups excluding carboxylic acids is 1. The normalized spacial score (nSPS) is 14.8. The smallest absolute Gasteiger partial charge is 0.389 e. The molecule has 1 N–H and O–H groups in total. The Morgan fingerprint density at radius 1 is 1.40 bits per heavy atom. The molecule has 0 bridgehead atoms. The van der Waals surface area contributed by atoms with E-state index in [1.807, 2.05) is 0 Å². The number of esters is 1. The first-order chi connectivity index (χ1) is 9.40. The van der Waals surface area contributed by atoms with Gasteiger partial charge in [-0.25, -0.2) is 14.8 Å². The fourth-order valence-electron chi connectivity index (χ4n) is 2.04. The van der Waals surface area contributed by atoms with Crippen molar-refractivity contribution in [3.05, 3.63) is 22.8 Å². The first-order valence-corrected chi connectivity index (χ1v) is 6.15. The van der Waals surface area contributed by atoms with Crippen molar-refractivity contribution in [3.63, 3.8) is 0 Å². The standard InChI is InChI=1S/C12H14F3N3O2/c1-20-11(19)10-7-3-5-16-6-8(7)17-9(18-10)2-4-12(13,14)15/h16H,2-6H2,1H3. The molecule has 1 aliphatic heterocycles. The van der Waals surface area contributed by atoms with Crippen molar-refractivity contribution in [3.8, 4) is 0 Å². The molecular formula is C12H14F3N3O2. The number of aryl methyl sites for hydroxylation is 1. The summed E-state index contributed by atoms with van der Waals surface area (Å²) in [6.07, 6.45) is -5.08. The Kier molecular flexibility index (Phi) is 4.22. The predicted molar refractivity (Wildman–Crippen MR) is 63.2 cm³/mol. The van der Waals surface area contributed by atoms with E-state index in [1.54, 1.807) is 0 Å². The zero-order valence-electron chi connectivity index (χ0n) is 10.9. The van der Waals surface area contributed by atoms with E-state index in [9.17, 15) is 18.0 Å². The highest BCUT2D eigenvalue weighted by molar-refractivity contribution is 5.89. The van der Waals surface area contributed by atoms with Crippen molar-refractivity contribution in [1.82, 2.24) is 15.3 Å². The molecule has 1 aromatic rings. The van der Waals surface area contributed by atoms with Gasteiger partial charge in [0.15, 0.2) is 5.69 Å². The fourth-order valence-corrected chi connectivity index (χ4v) is 2.04. The van der Waals surface area contributed by atoms with Crippen LogP contribution in [0.2, 0.25) is 0 Å². The third-order valence-corrected chi connectivity index (χ3v) is 2.99. The molecule has 8 heteroatoms. The van der Waals surface area contributed by atoms with Gasteiger partial charge in [-0.3, -0.25) is 0 Å². The number of carbonyl (C=O) groups is 1. The Hall–Kier alpha value is -1.70. The molecule has 0 fully saturated rings. The molecule has 2 rings (SSSR count). The Labute approximate surface area is 113 Å². The summed E-state index contributed by atoms with van der Waals surface area (Å²) >= 11 is 0. The first kappa shape index (κ1) is 14.7. The lowest BCUT2D eigenvalue weighted by Crippen LogP contribution is -2.28. The zero-order valence-corrected chi connectivity index (χ0v) is 10.9. The van der Waals surface area contributed by atoms with Gasteiger partial charge in [0.05, 0.1) is 19.2 Å². The molecule has 5 nitrogen and oxygen atoms in total. The van der Waals surface area contributed by atoms with E-state index >= 15 is 0 Å². The summed E-state index contributed by atoms with van der Waals surface area (Å²) in [5, 5.41) is 3.06. The van der Waals surface area contributed by atoms with Crippen LogP contribution in [0.4, 0.5) is 13.2 Å². The van der Waals surface area contributed by atoms with E-state index in [2.05, 4.69) is 20.0 Å². The monoisotopic (exact) mass is 289 g/mol. The maximum atomic E-state index is 12.2. The quantitative estimate of drug-likeness (QED) is 0.852. The van der Waals surface area contributed by atoms with E-state index in [0.29, 0.717) is 30.8 Å². The van der Waals surface area contributed by atoms with E-state index in [-0.39, 0.29) is 17.9 Å². The number of halogens is 3. The summed E-state index contributed by atoms with van der Waals surface area (Å²) < 4.78 is 41.4. The molecule has 20 heavy (non-hydrogen) atoms. The molecule has 0 unspecified atom stereocenters. The summed E-state index contributed by atoms with van der Waals surface area (Å²) in [7, 11) is 1.22. The van der Waals surface area contributed by atoms with Crippen molar-refractivity contribution in [2.75, 3.05) is 13.7 Å². The molecule has 0 aliphatic carbocycles. The van der Waals surface area contributed by atoms with Gasteiger partial charge in [0.2, 0.25) is 0 Å². The van der Waals surface area contributed by atoms with Crippen LogP contribution in [0.5, 0.6) is 0 Å². The topological polar surface area (TPSA) is 64.1 Å². The minimum Gasteiger partial charge on any atom is -0.464 e. The molecule has 0 atom stereocenters. The average molecular weight is 289 g/mol. The van der Waals surface area contributed by atoms with E-state index < -0.39 is 18.6 Å². The van der Waals surface area contributed by atoms with Crippen molar-refractivity contribution >= 4 is 5.97 Å². The average Bonchev–Trinajstić information content (AvgIpc) is 2.42. The molecule has 1 aromatic heterocycles. The second kappa shape index (κ2) is 5.74. The number of nitrogens with zero attached hydrogens (tertiary/aromatic N) is 2. The molecule has 2 heterocycles. The SMILES string of the molecule is COC(=O)c1nc(CCC(F)(F)F)nc2c1CCNC2. The fraction of sp³-hybridized carbons (Fsp3) is 0.583. The third-order valence-electron chi connectivity index (χ3n) is 2.99. The molecule has 0 aromatic carbocycles. The highest BCUT2D eigenvalue weighted by Gasteiger charge is 2.28. The highest BCUT2D eigenvalue weighted by Crippen LogP contribution is 2.23. The van der Waals surface area contributed by atoms with Crippen molar-refractivity contribution < 1.29 is 22.7 Å². The van der Waals surface area contributed by atoms with Gasteiger partial charge in [0.25, 0.3) is 0 Å². The molecule has 110 valence electrons. The number of rotatable bonds is 3. The maximum absolute atomic E-state index is 12.2. The minimum absolute atomic E-state index is 0.0187. The van der Waals surface area contributed by atoms with Gasteiger partial charge in [-0.1, -0.05) is 0 Å². The van der Waals surface area contributed by atoms with Crippen LogP contribution >= 0.6 is 0 Å². The Bertz CT molecular complexity index is 517. The van der Waals surface area contributed by atoms with Crippen molar-refractivity contribution in [2.45, 2.75) is 32.0 Å². The van der Waals surface area contributed by atoms with Crippen LogP contribution in [0, 0.1) is 0 Å². The van der Waals surface area contributed by atoms with Crippen LogP contribution in [0.15, 0.2) is 0 Å². The molecule has 0 saturated carbocycles. The number of aromatic nitrogens is 2. The second-order valence-corrected chi connectivity index (χ2v) is 4.45. The number of ether oxygens (including phenoxy) is 1. The van der Waals surface area contributed by atoms with Gasteiger partial charge in [-0.2, -0.15) is 13.2 Å². The molecule has 0 saturated heterocycles. The Balaban J connectivity index is 2.32. The lowest BCUT2D eigenvalue weighted by molar-refractivity contribution is -0.134. The van der Waals surface area contributed by atoms with Crippen molar-refractivity contribution in [2.24, 2.45) is 0 Å². The summed E-state index contributed by atoms with van der Waals surface area (Å²) in [5.74, 6) is -0.621. The van der Waals surface area contributed by atoms with E-state index in [1.165, 1.54) is 7.11 Å². The first-order valence-electron chi connectivity index (χ1n) is 6.15. The number of alkyl halides is 3. The number of hydrogen-bond acceptors (Lipinski definition) is 5. The van der Waals surface area contributed by atoms with Crippen LogP contribution in [0.25, 0.3) is 0 Å². The number of hydrogen-bond donors (Lipinski definition) is 1. The number of nitrogens with one attached hydrogen (secondary N) is 1. The third kappa shape index (κ3) is 3.44. The summed E-state index contributed by atoms with van der Waals surface area (Å²) in [6, 6.07) is 0.